The largest absolute Gasteiger partial charge is 0.463 e. The highest BCUT2D eigenvalue weighted by Gasteiger charge is 2.19. The van der Waals surface area contributed by atoms with Gasteiger partial charge in [0.1, 0.15) is 5.69 Å². The van der Waals surface area contributed by atoms with Crippen molar-refractivity contribution in [1.29, 1.82) is 0 Å². The van der Waals surface area contributed by atoms with Gasteiger partial charge in [0.25, 0.3) is 5.91 Å². The minimum absolute atomic E-state index is 0.0146. The number of hydrogen-bond donors (Lipinski definition) is 1. The Hall–Kier alpha value is -1.71. The molecule has 1 aliphatic rings. The molecule has 1 amide bonds. The Bertz CT molecular complexity index is 574. The second-order valence-electron chi connectivity index (χ2n) is 5.42. The average molecular weight is 260 g/mol. The van der Waals surface area contributed by atoms with Gasteiger partial charge in [-0.3, -0.25) is 4.79 Å². The van der Waals surface area contributed by atoms with E-state index in [-0.39, 0.29) is 5.91 Å². The van der Waals surface area contributed by atoms with Gasteiger partial charge in [0.05, 0.1) is 11.8 Å². The van der Waals surface area contributed by atoms with Crippen LogP contribution in [0.1, 0.15) is 49.0 Å². The van der Waals surface area contributed by atoms with Crippen LogP contribution in [-0.4, -0.2) is 16.5 Å². The lowest BCUT2D eigenvalue weighted by molar-refractivity contribution is 0.0925. The fourth-order valence-electron chi connectivity index (χ4n) is 2.95. The van der Waals surface area contributed by atoms with E-state index in [4.69, 9.17) is 4.42 Å². The zero-order valence-electron chi connectivity index (χ0n) is 11.3. The van der Waals surface area contributed by atoms with Crippen molar-refractivity contribution in [3.05, 3.63) is 24.1 Å². The summed E-state index contributed by atoms with van der Waals surface area (Å²) in [7, 11) is 1.90. The Labute approximate surface area is 112 Å². The van der Waals surface area contributed by atoms with Crippen LogP contribution in [0.25, 0.3) is 11.1 Å². The van der Waals surface area contributed by atoms with Crippen molar-refractivity contribution in [2.75, 3.05) is 0 Å². The number of furan rings is 1. The predicted octanol–water partition coefficient (Wildman–Crippen LogP) is 3.22. The molecule has 1 aliphatic carbocycles. The third kappa shape index (κ3) is 2.39. The Morgan fingerprint density at radius 3 is 2.74 bits per heavy atom. The summed E-state index contributed by atoms with van der Waals surface area (Å²) >= 11 is 0. The van der Waals surface area contributed by atoms with E-state index in [1.54, 1.807) is 6.26 Å². The van der Waals surface area contributed by atoms with Gasteiger partial charge in [-0.2, -0.15) is 0 Å². The molecule has 2 aromatic rings. The average Bonchev–Trinajstić information content (AvgIpc) is 2.87. The predicted molar refractivity (Wildman–Crippen MR) is 74.1 cm³/mol. The maximum Gasteiger partial charge on any atom is 0.268 e. The maximum absolute atomic E-state index is 12.3. The molecule has 0 atom stereocenters. The molecule has 0 aromatic carbocycles. The number of hydrogen-bond acceptors (Lipinski definition) is 2. The number of aromatic nitrogens is 1. The van der Waals surface area contributed by atoms with Gasteiger partial charge >= 0.3 is 0 Å². The molecule has 0 radical (unpaired) electrons. The van der Waals surface area contributed by atoms with Crippen LogP contribution in [0.2, 0.25) is 0 Å². The Kier molecular flexibility index (Phi) is 3.32. The van der Waals surface area contributed by atoms with Crippen LogP contribution >= 0.6 is 0 Å². The third-order valence-electron chi connectivity index (χ3n) is 4.09. The molecule has 3 rings (SSSR count). The number of nitrogens with zero attached hydrogens (tertiary/aromatic N) is 1. The molecule has 4 nitrogen and oxygen atoms in total. The molecular formula is C15H20N2O2. The van der Waals surface area contributed by atoms with E-state index < -0.39 is 0 Å². The van der Waals surface area contributed by atoms with Crippen LogP contribution in [0.3, 0.4) is 0 Å². The molecule has 0 spiro atoms. The van der Waals surface area contributed by atoms with Gasteiger partial charge in [-0.05, 0) is 12.8 Å². The Balaban J connectivity index is 1.75. The van der Waals surface area contributed by atoms with Crippen molar-refractivity contribution in [2.45, 2.75) is 44.6 Å². The number of amides is 1. The van der Waals surface area contributed by atoms with E-state index in [1.165, 1.54) is 25.7 Å². The van der Waals surface area contributed by atoms with Crippen molar-refractivity contribution in [1.82, 2.24) is 9.88 Å². The minimum Gasteiger partial charge on any atom is -0.463 e. The molecule has 1 fully saturated rings. The summed E-state index contributed by atoms with van der Waals surface area (Å²) < 4.78 is 7.23. The van der Waals surface area contributed by atoms with Crippen LogP contribution in [0.15, 0.2) is 22.8 Å². The zero-order chi connectivity index (χ0) is 13.2. The molecular weight excluding hydrogens is 240 g/mol. The van der Waals surface area contributed by atoms with E-state index in [9.17, 15) is 4.79 Å². The first-order valence-corrected chi connectivity index (χ1v) is 7.09. The molecule has 4 heteroatoms. The van der Waals surface area contributed by atoms with E-state index in [0.717, 1.165) is 23.9 Å². The van der Waals surface area contributed by atoms with Crippen molar-refractivity contribution in [3.8, 4) is 0 Å². The third-order valence-corrected chi connectivity index (χ3v) is 4.09. The number of fused-ring (bicyclic) bond motifs is 1. The second-order valence-corrected chi connectivity index (χ2v) is 5.42. The first kappa shape index (κ1) is 12.3. The fourth-order valence-corrected chi connectivity index (χ4v) is 2.95. The molecule has 2 aromatic heterocycles. The second kappa shape index (κ2) is 5.11. The van der Waals surface area contributed by atoms with E-state index in [0.29, 0.717) is 11.7 Å². The van der Waals surface area contributed by atoms with Gasteiger partial charge in [0, 0.05) is 25.2 Å². The van der Waals surface area contributed by atoms with Gasteiger partial charge in [0.15, 0.2) is 5.58 Å². The molecule has 2 heterocycles. The Morgan fingerprint density at radius 2 is 2.05 bits per heavy atom. The Morgan fingerprint density at radius 1 is 1.32 bits per heavy atom. The molecule has 0 aliphatic heterocycles. The lowest BCUT2D eigenvalue weighted by Crippen LogP contribution is -2.35. The molecule has 0 unspecified atom stereocenters. The SMILES string of the molecule is Cn1c(C(=O)NC2CCCCCC2)cc2occc21. The summed E-state index contributed by atoms with van der Waals surface area (Å²) in [5.74, 6) is 0.0146. The van der Waals surface area contributed by atoms with Gasteiger partial charge in [-0.25, -0.2) is 0 Å². The van der Waals surface area contributed by atoms with Gasteiger partial charge in [0.2, 0.25) is 0 Å². The van der Waals surface area contributed by atoms with Crippen LogP contribution in [0, 0.1) is 0 Å². The van der Waals surface area contributed by atoms with E-state index in [1.807, 2.05) is 23.7 Å². The highest BCUT2D eigenvalue weighted by atomic mass is 16.3. The molecule has 1 saturated carbocycles. The van der Waals surface area contributed by atoms with E-state index >= 15 is 0 Å². The molecule has 1 N–H and O–H groups in total. The number of aryl methyl sites for hydroxylation is 1. The van der Waals surface area contributed by atoms with Crippen LogP contribution in [-0.2, 0) is 7.05 Å². The van der Waals surface area contributed by atoms with Gasteiger partial charge in [-0.15, -0.1) is 0 Å². The number of nitrogens with one attached hydrogen (secondary N) is 1. The van der Waals surface area contributed by atoms with Crippen LogP contribution in [0.4, 0.5) is 0 Å². The summed E-state index contributed by atoms with van der Waals surface area (Å²) in [6.45, 7) is 0. The van der Waals surface area contributed by atoms with Crippen LogP contribution < -0.4 is 5.32 Å². The topological polar surface area (TPSA) is 47.2 Å². The maximum atomic E-state index is 12.3. The van der Waals surface area contributed by atoms with Crippen molar-refractivity contribution in [3.63, 3.8) is 0 Å². The summed E-state index contributed by atoms with van der Waals surface area (Å²) in [5.41, 5.74) is 2.41. The molecule has 19 heavy (non-hydrogen) atoms. The first-order valence-electron chi connectivity index (χ1n) is 7.09. The van der Waals surface area contributed by atoms with Crippen molar-refractivity contribution >= 4 is 17.0 Å². The lowest BCUT2D eigenvalue weighted by atomic mass is 10.1. The standard InChI is InChI=1S/C15H20N2O2/c1-17-12-8-9-19-14(12)10-13(17)15(18)16-11-6-4-2-3-5-7-11/h8-11H,2-7H2,1H3,(H,16,18). The highest BCUT2D eigenvalue weighted by Crippen LogP contribution is 2.21. The highest BCUT2D eigenvalue weighted by molar-refractivity contribution is 5.97. The van der Waals surface area contributed by atoms with Gasteiger partial charge < -0.3 is 14.3 Å². The lowest BCUT2D eigenvalue weighted by Gasteiger charge is -2.16. The van der Waals surface area contributed by atoms with Crippen molar-refractivity contribution < 1.29 is 9.21 Å². The minimum atomic E-state index is 0.0146. The number of carbonyl (C=O) groups excluding carboxylic acids is 1. The summed E-state index contributed by atoms with van der Waals surface area (Å²) in [4.78, 5) is 12.3. The van der Waals surface area contributed by atoms with E-state index in [2.05, 4.69) is 5.32 Å². The molecule has 102 valence electrons. The van der Waals surface area contributed by atoms with Crippen LogP contribution in [0.5, 0.6) is 0 Å². The first-order chi connectivity index (χ1) is 9.25. The van der Waals surface area contributed by atoms with Crippen molar-refractivity contribution in [2.24, 2.45) is 7.05 Å². The smallest absolute Gasteiger partial charge is 0.268 e. The monoisotopic (exact) mass is 260 g/mol. The molecule has 0 bridgehead atoms. The summed E-state index contributed by atoms with van der Waals surface area (Å²) in [6, 6.07) is 4.04. The quantitative estimate of drug-likeness (QED) is 0.843. The number of rotatable bonds is 2. The molecule has 0 saturated heterocycles. The summed E-state index contributed by atoms with van der Waals surface area (Å²) in [6.07, 6.45) is 8.89. The number of carbonyl (C=O) groups is 1. The van der Waals surface area contributed by atoms with Gasteiger partial charge in [-0.1, -0.05) is 25.7 Å². The normalized spacial score (nSPS) is 17.5. The fraction of sp³-hybridized carbons (Fsp3) is 0.533. The zero-order valence-corrected chi connectivity index (χ0v) is 11.3. The summed E-state index contributed by atoms with van der Waals surface area (Å²) in [5, 5.41) is 3.17.